The average Bonchev–Trinajstić information content (AvgIpc) is 2.84. The van der Waals surface area contributed by atoms with Gasteiger partial charge in [0.2, 0.25) is 0 Å². The first-order valence-electron chi connectivity index (χ1n) is 5.14. The van der Waals surface area contributed by atoms with E-state index >= 15 is 0 Å². The molecule has 0 spiro atoms. The Morgan fingerprint density at radius 3 is 2.76 bits per heavy atom. The molecular weight excluding hydrogens is 216 g/mol. The molecule has 0 aliphatic rings. The second kappa shape index (κ2) is 5.12. The number of carbonyl (C=O) groups is 1. The summed E-state index contributed by atoms with van der Waals surface area (Å²) in [5, 5.41) is 0. The Balaban J connectivity index is 2.16. The first kappa shape index (κ1) is 11.1. The van der Waals surface area contributed by atoms with Crippen molar-refractivity contribution >= 4 is 18.4 Å². The summed E-state index contributed by atoms with van der Waals surface area (Å²) in [6.45, 7) is 0. The summed E-state index contributed by atoms with van der Waals surface area (Å²) in [7, 11) is 1.62. The number of hydrogen-bond acceptors (Lipinski definition) is 3. The zero-order valence-electron chi connectivity index (χ0n) is 9.38. The van der Waals surface area contributed by atoms with E-state index in [1.165, 1.54) is 0 Å². The van der Waals surface area contributed by atoms with Crippen molar-refractivity contribution in [1.29, 1.82) is 0 Å². The lowest BCUT2D eigenvalue weighted by molar-refractivity contribution is 0.111. The standard InChI is InChI=1S/C13H12N2O2/c1-17-13-6-7-14-11(8-13)4-2-10-3-5-12(9-16)15-10/h2-9,15H,1H3/b4-2-. The van der Waals surface area contributed by atoms with Crippen LogP contribution in [0.25, 0.3) is 12.2 Å². The van der Waals surface area contributed by atoms with Crippen molar-refractivity contribution in [2.24, 2.45) is 0 Å². The summed E-state index contributed by atoms with van der Waals surface area (Å²) in [5.74, 6) is 0.764. The van der Waals surface area contributed by atoms with Crippen molar-refractivity contribution in [1.82, 2.24) is 9.97 Å². The van der Waals surface area contributed by atoms with Gasteiger partial charge in [-0.2, -0.15) is 0 Å². The van der Waals surface area contributed by atoms with E-state index in [0.29, 0.717) is 5.69 Å². The number of H-pyrrole nitrogens is 1. The molecule has 2 rings (SSSR count). The molecule has 0 unspecified atom stereocenters. The topological polar surface area (TPSA) is 55.0 Å². The van der Waals surface area contributed by atoms with Crippen LogP contribution < -0.4 is 4.74 Å². The van der Waals surface area contributed by atoms with E-state index in [2.05, 4.69) is 9.97 Å². The van der Waals surface area contributed by atoms with Crippen LogP contribution in [0.4, 0.5) is 0 Å². The highest BCUT2D eigenvalue weighted by Crippen LogP contribution is 2.12. The van der Waals surface area contributed by atoms with Gasteiger partial charge in [0.05, 0.1) is 18.5 Å². The molecule has 0 bridgehead atoms. The van der Waals surface area contributed by atoms with E-state index in [1.54, 1.807) is 25.4 Å². The monoisotopic (exact) mass is 228 g/mol. The Labute approximate surface area is 99.0 Å². The molecule has 0 amide bonds. The lowest BCUT2D eigenvalue weighted by Crippen LogP contribution is -1.85. The highest BCUT2D eigenvalue weighted by molar-refractivity contribution is 5.75. The van der Waals surface area contributed by atoms with E-state index < -0.39 is 0 Å². The van der Waals surface area contributed by atoms with Gasteiger partial charge in [-0.05, 0) is 30.4 Å². The maximum atomic E-state index is 10.5. The highest BCUT2D eigenvalue weighted by Gasteiger charge is 1.95. The molecule has 0 atom stereocenters. The average molecular weight is 228 g/mol. The minimum Gasteiger partial charge on any atom is -0.497 e. The molecule has 0 radical (unpaired) electrons. The third-order valence-corrected chi connectivity index (χ3v) is 2.28. The molecule has 86 valence electrons. The molecule has 2 aromatic heterocycles. The van der Waals surface area contributed by atoms with Gasteiger partial charge in [-0.3, -0.25) is 9.78 Å². The number of rotatable bonds is 4. The van der Waals surface area contributed by atoms with Crippen molar-refractivity contribution in [3.63, 3.8) is 0 Å². The van der Waals surface area contributed by atoms with Crippen molar-refractivity contribution in [3.05, 3.63) is 47.5 Å². The van der Waals surface area contributed by atoms with Gasteiger partial charge < -0.3 is 9.72 Å². The quantitative estimate of drug-likeness (QED) is 0.817. The molecule has 17 heavy (non-hydrogen) atoms. The van der Waals surface area contributed by atoms with E-state index in [0.717, 1.165) is 23.4 Å². The minimum atomic E-state index is 0.559. The first-order valence-corrected chi connectivity index (χ1v) is 5.14. The number of methoxy groups -OCH3 is 1. The smallest absolute Gasteiger partial charge is 0.166 e. The Hall–Kier alpha value is -2.36. The predicted octanol–water partition coefficient (Wildman–Crippen LogP) is 2.40. The van der Waals surface area contributed by atoms with Crippen LogP contribution in [0.5, 0.6) is 5.75 Å². The SMILES string of the molecule is COc1ccnc(/C=C\c2ccc(C=O)[nH]2)c1. The molecular formula is C13H12N2O2. The summed E-state index contributed by atoms with van der Waals surface area (Å²) >= 11 is 0. The number of ether oxygens (including phenoxy) is 1. The molecule has 0 saturated heterocycles. The molecule has 0 aromatic carbocycles. The molecule has 0 aliphatic carbocycles. The third-order valence-electron chi connectivity index (χ3n) is 2.28. The van der Waals surface area contributed by atoms with Gasteiger partial charge in [-0.25, -0.2) is 0 Å². The zero-order valence-corrected chi connectivity index (χ0v) is 9.38. The lowest BCUT2D eigenvalue weighted by Gasteiger charge is -1.98. The van der Waals surface area contributed by atoms with Crippen molar-refractivity contribution in [3.8, 4) is 5.75 Å². The summed E-state index contributed by atoms with van der Waals surface area (Å²) in [6, 6.07) is 7.18. The molecule has 1 N–H and O–H groups in total. The number of aromatic nitrogens is 2. The third kappa shape index (κ3) is 2.81. The number of carbonyl (C=O) groups excluding carboxylic acids is 1. The van der Waals surface area contributed by atoms with Gasteiger partial charge in [-0.15, -0.1) is 0 Å². The molecule has 0 aliphatic heterocycles. The second-order valence-corrected chi connectivity index (χ2v) is 3.44. The van der Waals surface area contributed by atoms with Gasteiger partial charge in [-0.1, -0.05) is 0 Å². The summed E-state index contributed by atoms with van der Waals surface area (Å²) in [4.78, 5) is 17.6. The fourth-order valence-corrected chi connectivity index (χ4v) is 1.42. The van der Waals surface area contributed by atoms with Crippen LogP contribution in [-0.4, -0.2) is 23.4 Å². The maximum absolute atomic E-state index is 10.5. The Bertz CT molecular complexity index is 544. The number of pyridine rings is 1. The number of nitrogens with one attached hydrogen (secondary N) is 1. The van der Waals surface area contributed by atoms with Crippen molar-refractivity contribution in [2.45, 2.75) is 0 Å². The Morgan fingerprint density at radius 2 is 2.06 bits per heavy atom. The van der Waals surface area contributed by atoms with E-state index in [4.69, 9.17) is 4.74 Å². The normalized spacial score (nSPS) is 10.6. The van der Waals surface area contributed by atoms with Gasteiger partial charge in [0.1, 0.15) is 5.75 Å². The Morgan fingerprint density at radius 1 is 1.24 bits per heavy atom. The predicted molar refractivity (Wildman–Crippen MR) is 65.9 cm³/mol. The van der Waals surface area contributed by atoms with Crippen molar-refractivity contribution in [2.75, 3.05) is 7.11 Å². The summed E-state index contributed by atoms with van der Waals surface area (Å²) < 4.78 is 5.10. The molecule has 0 fully saturated rings. The fourth-order valence-electron chi connectivity index (χ4n) is 1.42. The minimum absolute atomic E-state index is 0.559. The van der Waals surface area contributed by atoms with Gasteiger partial charge in [0, 0.05) is 18.0 Å². The van der Waals surface area contributed by atoms with Crippen LogP contribution in [0.1, 0.15) is 21.9 Å². The second-order valence-electron chi connectivity index (χ2n) is 3.44. The van der Waals surface area contributed by atoms with E-state index in [1.807, 2.05) is 24.3 Å². The van der Waals surface area contributed by atoms with Crippen LogP contribution in [-0.2, 0) is 0 Å². The van der Waals surface area contributed by atoms with E-state index in [9.17, 15) is 4.79 Å². The first-order chi connectivity index (χ1) is 8.31. The zero-order chi connectivity index (χ0) is 12.1. The largest absolute Gasteiger partial charge is 0.497 e. The Kier molecular flexibility index (Phi) is 3.35. The number of aldehydes is 1. The maximum Gasteiger partial charge on any atom is 0.166 e. The summed E-state index contributed by atoms with van der Waals surface area (Å²) in [5.41, 5.74) is 2.21. The van der Waals surface area contributed by atoms with Crippen LogP contribution >= 0.6 is 0 Å². The number of aromatic amines is 1. The number of hydrogen-bond donors (Lipinski definition) is 1. The fraction of sp³-hybridized carbons (Fsp3) is 0.0769. The van der Waals surface area contributed by atoms with Crippen molar-refractivity contribution < 1.29 is 9.53 Å². The van der Waals surface area contributed by atoms with Gasteiger partial charge in [0.15, 0.2) is 6.29 Å². The van der Waals surface area contributed by atoms with Gasteiger partial charge >= 0.3 is 0 Å². The number of nitrogens with zero attached hydrogens (tertiary/aromatic N) is 1. The lowest BCUT2D eigenvalue weighted by atomic mass is 10.3. The molecule has 4 heteroatoms. The van der Waals surface area contributed by atoms with E-state index in [-0.39, 0.29) is 0 Å². The summed E-state index contributed by atoms with van der Waals surface area (Å²) in [6.07, 6.45) is 6.17. The van der Waals surface area contributed by atoms with Crippen LogP contribution in [0.2, 0.25) is 0 Å². The highest BCUT2D eigenvalue weighted by atomic mass is 16.5. The van der Waals surface area contributed by atoms with Gasteiger partial charge in [0.25, 0.3) is 0 Å². The molecule has 2 heterocycles. The van der Waals surface area contributed by atoms with Crippen LogP contribution in [0, 0.1) is 0 Å². The molecule has 2 aromatic rings. The van der Waals surface area contributed by atoms with Crippen LogP contribution in [0.3, 0.4) is 0 Å². The molecule has 4 nitrogen and oxygen atoms in total. The van der Waals surface area contributed by atoms with Crippen LogP contribution in [0.15, 0.2) is 30.5 Å². The molecule has 0 saturated carbocycles.